The van der Waals surface area contributed by atoms with Crippen LogP contribution in [0.4, 0.5) is 24.9 Å². The molecule has 11 N–H and O–H groups in total. The summed E-state index contributed by atoms with van der Waals surface area (Å²) in [6, 6.07) is 42.0. The fraction of sp³-hybridized carbons (Fsp3) is 0.323. The maximum Gasteiger partial charge on any atom is 0.407 e. The largest absolute Gasteiger partial charge is 0.480 e. The quantitative estimate of drug-likeness (QED) is 0.0153. The number of aliphatic carboxylic acids is 1. The van der Waals surface area contributed by atoms with Crippen molar-refractivity contribution in [2.75, 3.05) is 32.0 Å². The van der Waals surface area contributed by atoms with Crippen LogP contribution in [0.3, 0.4) is 0 Å². The normalized spacial score (nSPS) is 12.7. The molecular formula is C65H75N7O13. The maximum atomic E-state index is 13.3. The first-order chi connectivity index (χ1) is 40.4. The van der Waals surface area contributed by atoms with Gasteiger partial charge in [-0.2, -0.15) is 0 Å². The smallest absolute Gasteiger partial charge is 0.407 e. The third-order valence-corrected chi connectivity index (χ3v) is 13.4. The number of urea groups is 2. The summed E-state index contributed by atoms with van der Waals surface area (Å²) >= 11 is 0. The number of ether oxygens (including phenoxy) is 4. The molecule has 0 unspecified atom stereocenters. The summed E-state index contributed by atoms with van der Waals surface area (Å²) in [5.41, 5.74) is 25.6. The number of hydrogen-bond acceptors (Lipinski definition) is 13. The number of Topliss-reactive ketones (excluding diaryl/α,β-unsaturated/α-hetero) is 1. The number of ketones is 1. The molecule has 0 bridgehead atoms. The van der Waals surface area contributed by atoms with Crippen LogP contribution in [0, 0.1) is 0 Å². The Bertz CT molecular complexity index is 3230. The lowest BCUT2D eigenvalue weighted by Gasteiger charge is -2.20. The second-order valence-corrected chi connectivity index (χ2v) is 22.2. The molecule has 85 heavy (non-hydrogen) atoms. The monoisotopic (exact) mass is 1160 g/mol. The molecular weight excluding hydrogens is 1090 g/mol. The Labute approximate surface area is 494 Å². The van der Waals surface area contributed by atoms with Crippen LogP contribution in [0.15, 0.2) is 146 Å². The molecule has 2 atom stereocenters. The van der Waals surface area contributed by atoms with Gasteiger partial charge in [0.15, 0.2) is 5.78 Å². The van der Waals surface area contributed by atoms with Crippen molar-refractivity contribution in [3.63, 3.8) is 0 Å². The highest BCUT2D eigenvalue weighted by atomic mass is 16.6. The van der Waals surface area contributed by atoms with E-state index in [1.54, 1.807) is 69.3 Å². The number of fused-ring (bicyclic) bond motifs is 6. The number of carboxylic acid groups (broad SMARTS) is 1. The zero-order chi connectivity index (χ0) is 61.8. The number of carbonyl (C=O) groups is 8. The number of nitrogens with one attached hydrogen (secondary N) is 4. The molecule has 0 radical (unpaired) electrons. The number of carbonyl (C=O) groups excluding carboxylic acids is 7. The molecule has 448 valence electrons. The topological polar surface area (TPSA) is 320 Å². The van der Waals surface area contributed by atoms with Gasteiger partial charge in [0.1, 0.15) is 30.5 Å². The average Bonchev–Trinajstić information content (AvgIpc) is 2.10. The second kappa shape index (κ2) is 30.0. The molecule has 20 heteroatoms. The average molecular weight is 1160 g/mol. The van der Waals surface area contributed by atoms with E-state index in [0.29, 0.717) is 35.2 Å². The number of carboxylic acids is 1. The van der Waals surface area contributed by atoms with E-state index < -0.39 is 59.5 Å². The molecule has 0 saturated carbocycles. The number of rotatable bonds is 20. The maximum absolute atomic E-state index is 13.3. The third kappa shape index (κ3) is 19.7. The first-order valence-electron chi connectivity index (χ1n) is 27.8. The van der Waals surface area contributed by atoms with Crippen LogP contribution in [-0.4, -0.2) is 103 Å². The molecule has 8 rings (SSSR count). The van der Waals surface area contributed by atoms with Crippen molar-refractivity contribution in [1.82, 2.24) is 21.3 Å². The lowest BCUT2D eigenvalue weighted by molar-refractivity contribution is -0.139. The summed E-state index contributed by atoms with van der Waals surface area (Å²) in [6.45, 7) is 11.6. The van der Waals surface area contributed by atoms with E-state index in [-0.39, 0.29) is 69.2 Å². The van der Waals surface area contributed by atoms with Crippen LogP contribution in [0.1, 0.15) is 128 Å². The number of anilines is 1. The summed E-state index contributed by atoms with van der Waals surface area (Å²) < 4.78 is 21.6. The van der Waals surface area contributed by atoms with Crippen LogP contribution in [0.2, 0.25) is 0 Å². The molecule has 6 amide bonds. The Morgan fingerprint density at radius 2 is 0.835 bits per heavy atom. The Balaban J connectivity index is 0.000000231. The van der Waals surface area contributed by atoms with Gasteiger partial charge in [0, 0.05) is 37.0 Å². The van der Waals surface area contributed by atoms with Crippen LogP contribution in [-0.2, 0) is 35.0 Å². The molecule has 0 fully saturated rings. The van der Waals surface area contributed by atoms with E-state index in [1.165, 1.54) is 0 Å². The standard InChI is InChI=1S/C33H37N3O6.C21H23N3O5.C11H15NO2/c1-33(2,3)42-30(38)22-16-14-21(15-17-22)19-29(37)28(13-8-18-35-31(34)39)36-32(40)41-20-27-25-11-6-4-9-23(25)24-10-5-7-12-26(24)27;22-20(27)23-11-5-10-18(19(25)26)24-21(28)29-12-17-15-8-3-1-6-13(15)14-7-2-4-9-16(14)17;1-11(2,3)14-10(13)8-4-6-9(12)7-5-8/h4-7,9-12,14-17,27-28H,8,13,18-20H2,1-3H3,(H,36,40)(H3,34,35,39);1-4,6-9,17-18H,5,10-12H2,(H,24,28)(H,25,26)(H3,22,23,27);4-7H,12H2,1-3H3/t28-;18-;/m00./s1. The summed E-state index contributed by atoms with van der Waals surface area (Å²) in [7, 11) is 0. The van der Waals surface area contributed by atoms with Gasteiger partial charge in [-0.05, 0) is 154 Å². The number of benzene rings is 6. The van der Waals surface area contributed by atoms with Crippen molar-refractivity contribution in [3.8, 4) is 22.3 Å². The van der Waals surface area contributed by atoms with Crippen LogP contribution in [0.25, 0.3) is 22.3 Å². The Morgan fingerprint density at radius 1 is 0.494 bits per heavy atom. The van der Waals surface area contributed by atoms with Gasteiger partial charge < -0.3 is 62.5 Å². The molecule has 6 aromatic rings. The van der Waals surface area contributed by atoms with Gasteiger partial charge in [-0.25, -0.2) is 33.6 Å². The van der Waals surface area contributed by atoms with E-state index in [1.807, 2.05) is 106 Å². The molecule has 2 aliphatic rings. The zero-order valence-corrected chi connectivity index (χ0v) is 48.6. The Morgan fingerprint density at radius 3 is 1.19 bits per heavy atom. The van der Waals surface area contributed by atoms with Crippen LogP contribution < -0.4 is 38.5 Å². The van der Waals surface area contributed by atoms with Crippen molar-refractivity contribution in [2.24, 2.45) is 11.5 Å². The molecule has 20 nitrogen and oxygen atoms in total. The van der Waals surface area contributed by atoms with Gasteiger partial charge in [0.25, 0.3) is 0 Å². The van der Waals surface area contributed by atoms with E-state index in [0.717, 1.165) is 44.5 Å². The van der Waals surface area contributed by atoms with Crippen molar-refractivity contribution >= 4 is 53.6 Å². The van der Waals surface area contributed by atoms with E-state index in [9.17, 15) is 43.5 Å². The SMILES string of the molecule is CC(C)(C)OC(=O)c1ccc(CC(=O)[C@H](CCCNC(N)=O)NC(=O)OCC2c3ccccc3-c3ccccc32)cc1.CC(C)(C)OC(=O)c1ccc(N)cc1.NC(=O)NCCC[C@H](NC(=O)OCC1c2ccccc2-c2ccccc21)C(=O)O. The van der Waals surface area contributed by atoms with Gasteiger partial charge in [0.05, 0.1) is 17.2 Å². The predicted molar refractivity (Wildman–Crippen MR) is 322 cm³/mol. The van der Waals surface area contributed by atoms with Gasteiger partial charge in [-0.3, -0.25) is 4.79 Å². The minimum absolute atomic E-state index is 0.0339. The molecule has 0 aliphatic heterocycles. The first kappa shape index (κ1) is 64.4. The van der Waals surface area contributed by atoms with Gasteiger partial charge >= 0.3 is 42.2 Å². The molecule has 0 aromatic heterocycles. The summed E-state index contributed by atoms with van der Waals surface area (Å²) in [6.07, 6.45) is -0.268. The molecule has 0 saturated heterocycles. The molecule has 0 heterocycles. The number of hydrogen-bond donors (Lipinski definition) is 8. The third-order valence-electron chi connectivity index (χ3n) is 13.4. The van der Waals surface area contributed by atoms with Gasteiger partial charge in [-0.1, -0.05) is 109 Å². The zero-order valence-electron chi connectivity index (χ0n) is 48.6. The molecule has 6 aromatic carbocycles. The van der Waals surface area contributed by atoms with Crippen molar-refractivity contribution in [3.05, 3.63) is 185 Å². The van der Waals surface area contributed by atoms with Crippen LogP contribution in [0.5, 0.6) is 0 Å². The number of nitrogen functional groups attached to an aromatic ring is 1. The highest BCUT2D eigenvalue weighted by molar-refractivity contribution is 5.92. The Kier molecular flexibility index (Phi) is 22.8. The summed E-state index contributed by atoms with van der Waals surface area (Å²) in [5, 5.41) is 19.3. The fourth-order valence-corrected chi connectivity index (χ4v) is 9.55. The molecule has 2 aliphatic carbocycles. The first-order valence-corrected chi connectivity index (χ1v) is 27.8. The van der Waals surface area contributed by atoms with E-state index in [2.05, 4.69) is 33.4 Å². The Hall–Kier alpha value is -9.72. The predicted octanol–water partition coefficient (Wildman–Crippen LogP) is 9.76. The number of alkyl carbamates (subject to hydrolysis) is 2. The van der Waals surface area contributed by atoms with Crippen LogP contribution >= 0.6 is 0 Å². The minimum Gasteiger partial charge on any atom is -0.480 e. The number of amides is 6. The minimum atomic E-state index is -1.17. The fourth-order valence-electron chi connectivity index (χ4n) is 9.55. The van der Waals surface area contributed by atoms with Crippen molar-refractivity contribution in [2.45, 2.75) is 109 Å². The lowest BCUT2D eigenvalue weighted by atomic mass is 9.98. The number of nitrogens with two attached hydrogens (primary N) is 3. The summed E-state index contributed by atoms with van der Waals surface area (Å²) in [5.74, 6) is -2.38. The highest BCUT2D eigenvalue weighted by Gasteiger charge is 2.32. The number of primary amides is 2. The van der Waals surface area contributed by atoms with Crippen molar-refractivity contribution in [1.29, 1.82) is 0 Å². The molecule has 0 spiro atoms. The van der Waals surface area contributed by atoms with Gasteiger partial charge in [0.2, 0.25) is 0 Å². The van der Waals surface area contributed by atoms with E-state index >= 15 is 0 Å². The van der Waals surface area contributed by atoms with Gasteiger partial charge in [-0.15, -0.1) is 0 Å². The second-order valence-electron chi connectivity index (χ2n) is 22.2. The highest BCUT2D eigenvalue weighted by Crippen LogP contribution is 2.45. The lowest BCUT2D eigenvalue weighted by Crippen LogP contribution is -2.43. The van der Waals surface area contributed by atoms with E-state index in [4.69, 9.17) is 36.1 Å². The van der Waals surface area contributed by atoms with Crippen molar-refractivity contribution < 1.29 is 62.4 Å². The summed E-state index contributed by atoms with van der Waals surface area (Å²) in [4.78, 5) is 95.3. The number of esters is 2.